The first-order valence-electron chi connectivity index (χ1n) is 4.36. The van der Waals surface area contributed by atoms with Crippen LogP contribution >= 0.6 is 27.3 Å². The van der Waals surface area contributed by atoms with Gasteiger partial charge in [0, 0.05) is 22.5 Å². The summed E-state index contributed by atoms with van der Waals surface area (Å²) >= 11 is 5.16. The molecule has 0 radical (unpaired) electrons. The molecule has 72 valence electrons. The maximum absolute atomic E-state index is 4.29. The second-order valence-electron chi connectivity index (χ2n) is 3.11. The third-order valence-electron chi connectivity index (χ3n) is 2.17. The van der Waals surface area contributed by atoms with Crippen LogP contribution in [0.25, 0.3) is 10.6 Å². The van der Waals surface area contributed by atoms with E-state index in [-0.39, 0.29) is 0 Å². The van der Waals surface area contributed by atoms with Crippen LogP contribution in [0.5, 0.6) is 0 Å². The molecule has 0 amide bonds. The smallest absolute Gasteiger partial charge is 0.123 e. The van der Waals surface area contributed by atoms with Crippen LogP contribution in [0.1, 0.15) is 11.1 Å². The van der Waals surface area contributed by atoms with Crippen LogP contribution in [0.2, 0.25) is 0 Å². The fourth-order valence-electron chi connectivity index (χ4n) is 1.31. The minimum absolute atomic E-state index is 0.901. The van der Waals surface area contributed by atoms with Gasteiger partial charge in [-0.05, 0) is 24.1 Å². The normalized spacial score (nSPS) is 10.4. The summed E-state index contributed by atoms with van der Waals surface area (Å²) in [6.45, 7) is 2.13. The molecule has 0 aliphatic carbocycles. The molecule has 1 aromatic carbocycles. The van der Waals surface area contributed by atoms with E-state index in [1.807, 2.05) is 11.6 Å². The van der Waals surface area contributed by atoms with Crippen molar-refractivity contribution >= 4 is 27.3 Å². The average Bonchev–Trinajstić information content (AvgIpc) is 2.71. The van der Waals surface area contributed by atoms with Gasteiger partial charge in [0.1, 0.15) is 5.01 Å². The summed E-state index contributed by atoms with van der Waals surface area (Å²) < 4.78 is 0. The first-order valence-corrected chi connectivity index (χ1v) is 6.36. The van der Waals surface area contributed by atoms with E-state index in [9.17, 15) is 0 Å². The SMILES string of the molecule is Cc1ccc(-c2nccs2)cc1CBr. The van der Waals surface area contributed by atoms with Gasteiger partial charge >= 0.3 is 0 Å². The van der Waals surface area contributed by atoms with E-state index in [4.69, 9.17) is 0 Å². The van der Waals surface area contributed by atoms with Crippen LogP contribution in [-0.4, -0.2) is 4.98 Å². The van der Waals surface area contributed by atoms with E-state index >= 15 is 0 Å². The molecule has 0 atom stereocenters. The summed E-state index contributed by atoms with van der Waals surface area (Å²) in [6.07, 6.45) is 1.84. The molecule has 0 aliphatic heterocycles. The summed E-state index contributed by atoms with van der Waals surface area (Å²) in [4.78, 5) is 4.29. The number of rotatable bonds is 2. The lowest BCUT2D eigenvalue weighted by Gasteiger charge is -2.03. The zero-order valence-corrected chi connectivity index (χ0v) is 10.2. The fourth-order valence-corrected chi connectivity index (χ4v) is 2.55. The summed E-state index contributed by atoms with van der Waals surface area (Å²) in [5.41, 5.74) is 3.86. The largest absolute Gasteiger partial charge is 0.245 e. The molecule has 1 aromatic heterocycles. The molecule has 2 aromatic rings. The van der Waals surface area contributed by atoms with Gasteiger partial charge in [-0.1, -0.05) is 28.1 Å². The number of nitrogens with zero attached hydrogens (tertiary/aromatic N) is 1. The molecule has 14 heavy (non-hydrogen) atoms. The van der Waals surface area contributed by atoms with Crippen molar-refractivity contribution in [3.8, 4) is 10.6 Å². The van der Waals surface area contributed by atoms with Crippen LogP contribution in [0.3, 0.4) is 0 Å². The third-order valence-corrected chi connectivity index (χ3v) is 3.60. The molecule has 0 spiro atoms. The van der Waals surface area contributed by atoms with E-state index in [0.717, 1.165) is 10.3 Å². The Balaban J connectivity index is 2.46. The molecule has 2 rings (SSSR count). The Kier molecular flexibility index (Phi) is 2.99. The van der Waals surface area contributed by atoms with E-state index in [2.05, 4.69) is 46.0 Å². The lowest BCUT2D eigenvalue weighted by molar-refractivity contribution is 1.31. The van der Waals surface area contributed by atoms with Crippen molar-refractivity contribution in [3.63, 3.8) is 0 Å². The molecular formula is C11H10BrNS. The Hall–Kier alpha value is -0.670. The Morgan fingerprint density at radius 1 is 1.43 bits per heavy atom. The number of hydrogen-bond acceptors (Lipinski definition) is 2. The van der Waals surface area contributed by atoms with Gasteiger partial charge in [0.25, 0.3) is 0 Å². The quantitative estimate of drug-likeness (QED) is 0.750. The second kappa shape index (κ2) is 4.24. The van der Waals surface area contributed by atoms with Gasteiger partial charge in [-0.2, -0.15) is 0 Å². The number of benzene rings is 1. The number of alkyl halides is 1. The van der Waals surface area contributed by atoms with Crippen LogP contribution in [0, 0.1) is 6.92 Å². The Bertz CT molecular complexity index is 423. The maximum Gasteiger partial charge on any atom is 0.123 e. The molecule has 0 aliphatic rings. The molecule has 0 fully saturated rings. The Labute approximate surface area is 95.9 Å². The predicted octanol–water partition coefficient (Wildman–Crippen LogP) is 4.01. The van der Waals surface area contributed by atoms with Crippen molar-refractivity contribution in [2.45, 2.75) is 12.3 Å². The second-order valence-corrected chi connectivity index (χ2v) is 4.57. The number of halogens is 1. The van der Waals surface area contributed by atoms with Gasteiger partial charge in [0.2, 0.25) is 0 Å². The first kappa shape index (κ1) is 9.87. The summed E-state index contributed by atoms with van der Waals surface area (Å²) in [6, 6.07) is 6.47. The van der Waals surface area contributed by atoms with Crippen molar-refractivity contribution in [1.29, 1.82) is 0 Å². The van der Waals surface area contributed by atoms with Crippen molar-refractivity contribution in [1.82, 2.24) is 4.98 Å². The topological polar surface area (TPSA) is 12.9 Å². The predicted molar refractivity (Wildman–Crippen MR) is 64.9 cm³/mol. The maximum atomic E-state index is 4.29. The Morgan fingerprint density at radius 3 is 2.93 bits per heavy atom. The zero-order valence-electron chi connectivity index (χ0n) is 7.83. The molecule has 1 nitrogen and oxygen atoms in total. The molecule has 0 unspecified atom stereocenters. The van der Waals surface area contributed by atoms with Crippen molar-refractivity contribution in [2.75, 3.05) is 0 Å². The lowest BCUT2D eigenvalue weighted by atomic mass is 10.1. The molecule has 0 bridgehead atoms. The van der Waals surface area contributed by atoms with E-state index in [0.29, 0.717) is 0 Å². The molecule has 1 heterocycles. The molecule has 0 saturated carbocycles. The van der Waals surface area contributed by atoms with Crippen LogP contribution < -0.4 is 0 Å². The summed E-state index contributed by atoms with van der Waals surface area (Å²) in [5.74, 6) is 0. The lowest BCUT2D eigenvalue weighted by Crippen LogP contribution is -1.85. The van der Waals surface area contributed by atoms with Gasteiger partial charge < -0.3 is 0 Å². The summed E-state index contributed by atoms with van der Waals surface area (Å²) in [7, 11) is 0. The van der Waals surface area contributed by atoms with Gasteiger partial charge in [0.15, 0.2) is 0 Å². The van der Waals surface area contributed by atoms with E-state index in [1.165, 1.54) is 16.7 Å². The van der Waals surface area contributed by atoms with Gasteiger partial charge in [-0.3, -0.25) is 0 Å². The first-order chi connectivity index (χ1) is 6.81. The number of thiazole rings is 1. The molecule has 0 N–H and O–H groups in total. The van der Waals surface area contributed by atoms with Gasteiger partial charge in [-0.25, -0.2) is 4.98 Å². The monoisotopic (exact) mass is 267 g/mol. The molecule has 0 saturated heterocycles. The Morgan fingerprint density at radius 2 is 2.29 bits per heavy atom. The van der Waals surface area contributed by atoms with Crippen molar-refractivity contribution in [2.24, 2.45) is 0 Å². The minimum atomic E-state index is 0.901. The number of hydrogen-bond donors (Lipinski definition) is 0. The molecular weight excluding hydrogens is 258 g/mol. The standard InChI is InChI=1S/C11H10BrNS/c1-8-2-3-9(6-10(8)7-12)11-13-4-5-14-11/h2-6H,7H2,1H3. The third kappa shape index (κ3) is 1.88. The highest BCUT2D eigenvalue weighted by atomic mass is 79.9. The summed E-state index contributed by atoms with van der Waals surface area (Å²) in [5, 5.41) is 3.99. The van der Waals surface area contributed by atoms with Crippen LogP contribution in [-0.2, 0) is 5.33 Å². The number of aryl methyl sites for hydroxylation is 1. The minimum Gasteiger partial charge on any atom is -0.245 e. The number of aromatic nitrogens is 1. The highest BCUT2D eigenvalue weighted by Gasteiger charge is 2.03. The van der Waals surface area contributed by atoms with Crippen molar-refractivity contribution in [3.05, 3.63) is 40.9 Å². The van der Waals surface area contributed by atoms with Gasteiger partial charge in [-0.15, -0.1) is 11.3 Å². The fraction of sp³-hybridized carbons (Fsp3) is 0.182. The van der Waals surface area contributed by atoms with Crippen LogP contribution in [0.4, 0.5) is 0 Å². The highest BCUT2D eigenvalue weighted by Crippen LogP contribution is 2.25. The highest BCUT2D eigenvalue weighted by molar-refractivity contribution is 9.08. The molecule has 3 heteroatoms. The van der Waals surface area contributed by atoms with E-state index in [1.54, 1.807) is 11.3 Å². The van der Waals surface area contributed by atoms with Gasteiger partial charge in [0.05, 0.1) is 0 Å². The van der Waals surface area contributed by atoms with E-state index < -0.39 is 0 Å². The van der Waals surface area contributed by atoms with Crippen molar-refractivity contribution < 1.29 is 0 Å². The average molecular weight is 268 g/mol. The zero-order chi connectivity index (χ0) is 9.97. The van der Waals surface area contributed by atoms with Crippen LogP contribution in [0.15, 0.2) is 29.8 Å².